The summed E-state index contributed by atoms with van der Waals surface area (Å²) in [5.41, 5.74) is 3.41. The second-order valence-electron chi connectivity index (χ2n) is 5.93. The Hall–Kier alpha value is -1.11. The topological polar surface area (TPSA) is 17.1 Å². The first-order chi connectivity index (χ1) is 7.39. The maximum Gasteiger partial charge on any atom is 0.168 e. The van der Waals surface area contributed by atoms with Gasteiger partial charge in [0.15, 0.2) is 5.78 Å². The van der Waals surface area contributed by atoms with Crippen LogP contribution >= 0.6 is 0 Å². The molecule has 1 atom stereocenters. The lowest BCUT2D eigenvalue weighted by Gasteiger charge is -2.17. The van der Waals surface area contributed by atoms with E-state index in [-0.39, 0.29) is 11.2 Å². The van der Waals surface area contributed by atoms with Crippen LogP contribution in [0.25, 0.3) is 0 Å². The van der Waals surface area contributed by atoms with Gasteiger partial charge in [0.1, 0.15) is 0 Å². The molecule has 1 aliphatic carbocycles. The van der Waals surface area contributed by atoms with Crippen LogP contribution in [0.4, 0.5) is 0 Å². The average Bonchev–Trinajstić information content (AvgIpc) is 2.57. The Morgan fingerprint density at radius 2 is 2.00 bits per heavy atom. The maximum atomic E-state index is 12.1. The first-order valence-electron chi connectivity index (χ1n) is 6.07. The number of ketones is 1. The van der Waals surface area contributed by atoms with Gasteiger partial charge in [-0.1, -0.05) is 39.8 Å². The Labute approximate surface area is 97.9 Å². The van der Waals surface area contributed by atoms with Gasteiger partial charge in [-0.05, 0) is 36.0 Å². The minimum Gasteiger partial charge on any atom is -0.294 e. The van der Waals surface area contributed by atoms with Crippen LogP contribution in [-0.2, 0) is 6.42 Å². The van der Waals surface area contributed by atoms with Crippen molar-refractivity contribution in [1.82, 2.24) is 0 Å². The highest BCUT2D eigenvalue weighted by Crippen LogP contribution is 2.34. The zero-order chi connectivity index (χ0) is 11.9. The molecule has 0 aliphatic heterocycles. The van der Waals surface area contributed by atoms with Gasteiger partial charge in [0.2, 0.25) is 0 Å². The van der Waals surface area contributed by atoms with Crippen molar-refractivity contribution in [3.8, 4) is 0 Å². The molecule has 0 spiro atoms. The molecule has 0 bridgehead atoms. The smallest absolute Gasteiger partial charge is 0.168 e. The van der Waals surface area contributed by atoms with E-state index in [0.717, 1.165) is 12.0 Å². The highest BCUT2D eigenvalue weighted by molar-refractivity contribution is 6.00. The van der Waals surface area contributed by atoms with E-state index < -0.39 is 0 Å². The van der Waals surface area contributed by atoms with Crippen molar-refractivity contribution in [1.29, 1.82) is 0 Å². The van der Waals surface area contributed by atoms with Crippen molar-refractivity contribution in [2.75, 3.05) is 0 Å². The van der Waals surface area contributed by atoms with Crippen LogP contribution < -0.4 is 0 Å². The van der Waals surface area contributed by atoms with Gasteiger partial charge in [0.25, 0.3) is 0 Å². The molecule has 1 nitrogen and oxygen atoms in total. The number of hydrogen-bond donors (Lipinski definition) is 0. The monoisotopic (exact) mass is 216 g/mol. The van der Waals surface area contributed by atoms with Gasteiger partial charge in [0, 0.05) is 11.0 Å². The summed E-state index contributed by atoms with van der Waals surface area (Å²) in [6.45, 7) is 8.19. The Kier molecular flexibility index (Phi) is 2.65. The molecule has 0 aromatic heterocycles. The third-order valence-corrected chi connectivity index (χ3v) is 3.46. The average molecular weight is 216 g/mol. The van der Waals surface area contributed by atoms with Gasteiger partial charge in [-0.15, -0.1) is 0 Å². The summed E-state index contributed by atoms with van der Waals surface area (Å²) in [4.78, 5) is 12.1. The van der Waals surface area contributed by atoms with Gasteiger partial charge in [0.05, 0.1) is 0 Å². The standard InChI is InChI=1S/C15H20O/c1-10-5-6-11-9-12(7-8-13(10)11)14(16)15(2,3)4/h7-10H,5-6H2,1-4H3/t10-/m1/s1. The molecule has 1 aromatic rings. The Morgan fingerprint density at radius 3 is 2.62 bits per heavy atom. The van der Waals surface area contributed by atoms with Gasteiger partial charge < -0.3 is 0 Å². The Bertz CT molecular complexity index is 424. The molecule has 0 N–H and O–H groups in total. The summed E-state index contributed by atoms with van der Waals surface area (Å²) in [7, 11) is 0. The first kappa shape index (κ1) is 11.4. The molecular formula is C15H20O. The zero-order valence-electron chi connectivity index (χ0n) is 10.6. The van der Waals surface area contributed by atoms with Crippen molar-refractivity contribution >= 4 is 5.78 Å². The van der Waals surface area contributed by atoms with Gasteiger partial charge in [-0.2, -0.15) is 0 Å². The van der Waals surface area contributed by atoms with E-state index in [4.69, 9.17) is 0 Å². The molecular weight excluding hydrogens is 196 g/mol. The van der Waals surface area contributed by atoms with Gasteiger partial charge >= 0.3 is 0 Å². The van der Waals surface area contributed by atoms with Crippen LogP contribution in [-0.4, -0.2) is 5.78 Å². The molecule has 0 fully saturated rings. The van der Waals surface area contributed by atoms with E-state index in [1.165, 1.54) is 17.5 Å². The molecule has 0 amide bonds. The van der Waals surface area contributed by atoms with E-state index in [2.05, 4.69) is 19.1 Å². The van der Waals surface area contributed by atoms with Crippen LogP contribution in [0, 0.1) is 5.41 Å². The van der Waals surface area contributed by atoms with Crippen molar-refractivity contribution in [3.05, 3.63) is 34.9 Å². The van der Waals surface area contributed by atoms with Crippen molar-refractivity contribution in [2.24, 2.45) is 5.41 Å². The maximum absolute atomic E-state index is 12.1. The molecule has 0 radical (unpaired) electrons. The second-order valence-corrected chi connectivity index (χ2v) is 5.93. The predicted octanol–water partition coefficient (Wildman–Crippen LogP) is 3.97. The quantitative estimate of drug-likeness (QED) is 0.649. The van der Waals surface area contributed by atoms with E-state index >= 15 is 0 Å². The lowest BCUT2D eigenvalue weighted by Crippen LogP contribution is -2.20. The summed E-state index contributed by atoms with van der Waals surface area (Å²) in [6.07, 6.45) is 2.35. The fourth-order valence-electron chi connectivity index (χ4n) is 2.40. The zero-order valence-corrected chi connectivity index (χ0v) is 10.6. The minimum absolute atomic E-state index is 0.245. The number of carbonyl (C=O) groups excluding carboxylic acids is 1. The third-order valence-electron chi connectivity index (χ3n) is 3.46. The molecule has 0 saturated heterocycles. The number of aryl methyl sites for hydroxylation is 1. The summed E-state index contributed by atoms with van der Waals surface area (Å²) in [5, 5.41) is 0. The summed E-state index contributed by atoms with van der Waals surface area (Å²) >= 11 is 0. The van der Waals surface area contributed by atoms with Crippen LogP contribution in [0.5, 0.6) is 0 Å². The summed E-state index contributed by atoms with van der Waals surface area (Å²) in [6, 6.07) is 6.24. The number of hydrogen-bond acceptors (Lipinski definition) is 1. The Balaban J connectivity index is 2.36. The molecule has 86 valence electrons. The van der Waals surface area contributed by atoms with Crippen molar-refractivity contribution in [3.63, 3.8) is 0 Å². The number of rotatable bonds is 1. The number of Topliss-reactive ketones (excluding diaryl/α,β-unsaturated/α-hetero) is 1. The fourth-order valence-corrected chi connectivity index (χ4v) is 2.40. The molecule has 0 heterocycles. The highest BCUT2D eigenvalue weighted by Gasteiger charge is 2.25. The number of benzene rings is 1. The van der Waals surface area contributed by atoms with Gasteiger partial charge in [-0.25, -0.2) is 0 Å². The summed E-state index contributed by atoms with van der Waals surface area (Å²) in [5.74, 6) is 0.906. The molecule has 2 rings (SSSR count). The van der Waals surface area contributed by atoms with Crippen LogP contribution in [0.1, 0.15) is 61.5 Å². The lowest BCUT2D eigenvalue weighted by molar-refractivity contribution is 0.0858. The number of fused-ring (bicyclic) bond motifs is 1. The highest BCUT2D eigenvalue weighted by atomic mass is 16.1. The molecule has 1 aliphatic rings. The van der Waals surface area contributed by atoms with E-state index in [9.17, 15) is 4.79 Å². The fraction of sp³-hybridized carbons (Fsp3) is 0.533. The van der Waals surface area contributed by atoms with Crippen LogP contribution in [0.15, 0.2) is 18.2 Å². The molecule has 16 heavy (non-hydrogen) atoms. The molecule has 1 heteroatoms. The van der Waals surface area contributed by atoms with E-state index in [0.29, 0.717) is 5.92 Å². The Morgan fingerprint density at radius 1 is 1.31 bits per heavy atom. The van der Waals surface area contributed by atoms with E-state index in [1.54, 1.807) is 0 Å². The predicted molar refractivity (Wildman–Crippen MR) is 67.0 cm³/mol. The first-order valence-corrected chi connectivity index (χ1v) is 6.07. The third kappa shape index (κ3) is 1.91. The summed E-state index contributed by atoms with van der Waals surface area (Å²) < 4.78 is 0. The van der Waals surface area contributed by atoms with E-state index in [1.807, 2.05) is 26.8 Å². The minimum atomic E-state index is -0.279. The number of carbonyl (C=O) groups is 1. The molecule has 0 unspecified atom stereocenters. The normalized spacial score (nSPS) is 19.6. The molecule has 0 saturated carbocycles. The molecule has 1 aromatic carbocycles. The van der Waals surface area contributed by atoms with Crippen LogP contribution in [0.2, 0.25) is 0 Å². The van der Waals surface area contributed by atoms with Crippen molar-refractivity contribution < 1.29 is 4.79 Å². The largest absolute Gasteiger partial charge is 0.294 e. The van der Waals surface area contributed by atoms with Crippen molar-refractivity contribution in [2.45, 2.75) is 46.5 Å². The van der Waals surface area contributed by atoms with Crippen LogP contribution in [0.3, 0.4) is 0 Å². The second kappa shape index (κ2) is 3.73. The van der Waals surface area contributed by atoms with Gasteiger partial charge in [-0.3, -0.25) is 4.79 Å². The SMILES string of the molecule is C[C@@H]1CCc2cc(C(=O)C(C)(C)C)ccc21. The lowest BCUT2D eigenvalue weighted by atomic mass is 9.85.